The van der Waals surface area contributed by atoms with E-state index in [0.717, 1.165) is 4.90 Å². The molecule has 0 saturated carbocycles. The largest absolute Gasteiger partial charge is 0.506 e. The van der Waals surface area contributed by atoms with E-state index in [-0.39, 0.29) is 33.4 Å². The predicted octanol–water partition coefficient (Wildman–Crippen LogP) is 5.39. The number of nitrogens with one attached hydrogen (secondary N) is 2. The van der Waals surface area contributed by atoms with Gasteiger partial charge in [-0.3, -0.25) is 14.4 Å². The fraction of sp³-hybridized carbons (Fsp3) is 0. The topological polar surface area (TPSA) is 98.7 Å². The lowest BCUT2D eigenvalue weighted by molar-refractivity contribution is -0.120. The number of hydrogen-bond donors (Lipinski definition) is 3. The maximum atomic E-state index is 12.9. The lowest BCUT2D eigenvalue weighted by Crippen LogP contribution is -2.32. The van der Waals surface area contributed by atoms with E-state index >= 15 is 0 Å². The van der Waals surface area contributed by atoms with Gasteiger partial charge in [0.05, 0.1) is 11.4 Å². The first-order valence-corrected chi connectivity index (χ1v) is 10.6. The Morgan fingerprint density at radius 1 is 0.848 bits per heavy atom. The summed E-state index contributed by atoms with van der Waals surface area (Å²) in [6, 6.07) is 16.7. The van der Waals surface area contributed by atoms with Gasteiger partial charge in [-0.05, 0) is 54.6 Å². The Bertz CT molecular complexity index is 1340. The Labute approximate surface area is 203 Å². The quantitative estimate of drug-likeness (QED) is 0.321. The fourth-order valence-corrected chi connectivity index (χ4v) is 3.72. The molecule has 4 rings (SSSR count). The van der Waals surface area contributed by atoms with Crippen molar-refractivity contribution in [2.45, 2.75) is 0 Å². The van der Waals surface area contributed by atoms with Gasteiger partial charge < -0.3 is 15.7 Å². The number of anilines is 3. The van der Waals surface area contributed by atoms with Gasteiger partial charge in [0.1, 0.15) is 16.5 Å². The second-order valence-corrected chi connectivity index (χ2v) is 8.19. The molecule has 0 saturated heterocycles. The van der Waals surface area contributed by atoms with Crippen LogP contribution in [0.5, 0.6) is 5.75 Å². The molecular formula is C23H14Cl3N3O4. The molecule has 3 aromatic rings. The summed E-state index contributed by atoms with van der Waals surface area (Å²) in [5.74, 6) is -2.02. The molecule has 3 amide bonds. The minimum absolute atomic E-state index is 0.133. The molecule has 1 aliphatic heterocycles. The van der Waals surface area contributed by atoms with Crippen molar-refractivity contribution in [1.29, 1.82) is 0 Å². The van der Waals surface area contributed by atoms with Crippen molar-refractivity contribution < 1.29 is 19.5 Å². The van der Waals surface area contributed by atoms with Gasteiger partial charge in [-0.2, -0.15) is 0 Å². The van der Waals surface area contributed by atoms with Gasteiger partial charge in [0.25, 0.3) is 17.7 Å². The first kappa shape index (κ1) is 22.7. The summed E-state index contributed by atoms with van der Waals surface area (Å²) in [5, 5.41) is 15.7. The van der Waals surface area contributed by atoms with Gasteiger partial charge in [-0.25, -0.2) is 4.90 Å². The van der Waals surface area contributed by atoms with Crippen molar-refractivity contribution in [1.82, 2.24) is 0 Å². The molecule has 0 bridgehead atoms. The van der Waals surface area contributed by atoms with Gasteiger partial charge in [0.15, 0.2) is 0 Å². The molecule has 0 aromatic heterocycles. The Morgan fingerprint density at radius 3 is 2.33 bits per heavy atom. The smallest absolute Gasteiger partial charge is 0.283 e. The summed E-state index contributed by atoms with van der Waals surface area (Å²) >= 11 is 18.0. The molecule has 7 nitrogen and oxygen atoms in total. The second kappa shape index (κ2) is 9.15. The number of halogens is 3. The zero-order chi connectivity index (χ0) is 23.7. The summed E-state index contributed by atoms with van der Waals surface area (Å²) in [7, 11) is 0. The van der Waals surface area contributed by atoms with Gasteiger partial charge in [-0.15, -0.1) is 0 Å². The number of carbonyl (C=O) groups is 3. The summed E-state index contributed by atoms with van der Waals surface area (Å²) in [6.07, 6.45) is 0. The Balaban J connectivity index is 1.55. The van der Waals surface area contributed by atoms with Crippen molar-refractivity contribution in [3.8, 4) is 5.75 Å². The highest BCUT2D eigenvalue weighted by atomic mass is 35.5. The number of phenols is 1. The molecule has 3 N–H and O–H groups in total. The van der Waals surface area contributed by atoms with Crippen LogP contribution in [0, 0.1) is 0 Å². The van der Waals surface area contributed by atoms with Crippen LogP contribution in [-0.4, -0.2) is 22.8 Å². The van der Waals surface area contributed by atoms with Crippen LogP contribution in [0.1, 0.15) is 10.4 Å². The fourth-order valence-electron chi connectivity index (χ4n) is 3.15. The molecule has 10 heteroatoms. The van der Waals surface area contributed by atoms with Gasteiger partial charge >= 0.3 is 0 Å². The van der Waals surface area contributed by atoms with Crippen molar-refractivity contribution in [2.75, 3.05) is 15.5 Å². The molecule has 0 aliphatic carbocycles. The standard InChI is InChI=1S/C23H14Cl3N3O4/c24-13-4-2-6-16(10-13)29-22(32)19(26)20(23(29)33)27-15-5-1-3-12(9-15)21(31)28-17-11-14(25)7-8-18(17)30/h1-11,27,30H,(H,28,31). The lowest BCUT2D eigenvalue weighted by atomic mass is 10.1. The molecule has 0 unspecified atom stereocenters. The number of nitrogens with zero attached hydrogens (tertiary/aromatic N) is 1. The van der Waals surface area contributed by atoms with E-state index < -0.39 is 17.7 Å². The van der Waals surface area contributed by atoms with E-state index in [0.29, 0.717) is 15.7 Å². The first-order chi connectivity index (χ1) is 15.7. The van der Waals surface area contributed by atoms with E-state index in [1.807, 2.05) is 0 Å². The van der Waals surface area contributed by atoms with Crippen LogP contribution >= 0.6 is 34.8 Å². The summed E-state index contributed by atoms with van der Waals surface area (Å²) in [6.45, 7) is 0. The third-order valence-electron chi connectivity index (χ3n) is 4.69. The highest BCUT2D eigenvalue weighted by molar-refractivity contribution is 6.53. The summed E-state index contributed by atoms with van der Waals surface area (Å²) < 4.78 is 0. The van der Waals surface area contributed by atoms with Crippen LogP contribution in [-0.2, 0) is 9.59 Å². The van der Waals surface area contributed by atoms with Gasteiger partial charge in [-0.1, -0.05) is 46.9 Å². The zero-order valence-electron chi connectivity index (χ0n) is 16.6. The van der Waals surface area contributed by atoms with Crippen LogP contribution in [0.4, 0.5) is 17.1 Å². The van der Waals surface area contributed by atoms with Crippen LogP contribution in [0.15, 0.2) is 77.5 Å². The minimum Gasteiger partial charge on any atom is -0.506 e. The van der Waals surface area contributed by atoms with Crippen molar-refractivity contribution in [3.05, 3.63) is 93.1 Å². The molecule has 166 valence electrons. The molecular weight excluding hydrogens is 489 g/mol. The van der Waals surface area contributed by atoms with Crippen LogP contribution in [0.25, 0.3) is 0 Å². The molecule has 0 atom stereocenters. The molecule has 0 fully saturated rings. The number of benzene rings is 3. The Morgan fingerprint density at radius 2 is 1.58 bits per heavy atom. The normalized spacial score (nSPS) is 13.5. The second-order valence-electron chi connectivity index (χ2n) is 6.94. The number of phenolic OH excluding ortho intramolecular Hbond substituents is 1. The van der Waals surface area contributed by atoms with Crippen LogP contribution < -0.4 is 15.5 Å². The van der Waals surface area contributed by atoms with E-state index in [1.54, 1.807) is 30.3 Å². The first-order valence-electron chi connectivity index (χ1n) is 9.45. The van der Waals surface area contributed by atoms with Gasteiger partial charge in [0, 0.05) is 21.3 Å². The summed E-state index contributed by atoms with van der Waals surface area (Å²) in [4.78, 5) is 39.1. The highest BCUT2D eigenvalue weighted by Crippen LogP contribution is 2.32. The molecule has 33 heavy (non-hydrogen) atoms. The van der Waals surface area contributed by atoms with Crippen LogP contribution in [0.3, 0.4) is 0 Å². The molecule has 0 radical (unpaired) electrons. The Hall–Kier alpha value is -3.52. The number of hydrogen-bond acceptors (Lipinski definition) is 5. The number of rotatable bonds is 5. The van der Waals surface area contributed by atoms with Crippen molar-refractivity contribution in [2.24, 2.45) is 0 Å². The number of aromatic hydroxyl groups is 1. The average molecular weight is 503 g/mol. The van der Waals surface area contributed by atoms with E-state index in [2.05, 4.69) is 10.6 Å². The van der Waals surface area contributed by atoms with Crippen molar-refractivity contribution >= 4 is 69.6 Å². The highest BCUT2D eigenvalue weighted by Gasteiger charge is 2.39. The van der Waals surface area contributed by atoms with Crippen LogP contribution in [0.2, 0.25) is 10.0 Å². The monoisotopic (exact) mass is 501 g/mol. The summed E-state index contributed by atoms with van der Waals surface area (Å²) in [5.41, 5.74) is 0.860. The molecule has 1 aliphatic rings. The third-order valence-corrected chi connectivity index (χ3v) is 5.52. The number of carbonyl (C=O) groups excluding carboxylic acids is 3. The van der Waals surface area contributed by atoms with Crippen molar-refractivity contribution in [3.63, 3.8) is 0 Å². The van der Waals surface area contributed by atoms with E-state index in [9.17, 15) is 19.5 Å². The average Bonchev–Trinajstić information content (AvgIpc) is 2.99. The zero-order valence-corrected chi connectivity index (χ0v) is 18.9. The Kier molecular flexibility index (Phi) is 6.29. The minimum atomic E-state index is -0.697. The maximum Gasteiger partial charge on any atom is 0.283 e. The van der Waals surface area contributed by atoms with E-state index in [1.165, 1.54) is 36.4 Å². The SMILES string of the molecule is O=C(Nc1cc(Cl)ccc1O)c1cccc(NC2=C(Cl)C(=O)N(c3cccc(Cl)c3)C2=O)c1. The molecule has 1 heterocycles. The van der Waals surface area contributed by atoms with Gasteiger partial charge in [0.2, 0.25) is 0 Å². The molecule has 0 spiro atoms. The lowest BCUT2D eigenvalue weighted by Gasteiger charge is -2.15. The third kappa shape index (κ3) is 4.66. The number of amides is 3. The predicted molar refractivity (Wildman–Crippen MR) is 128 cm³/mol. The maximum absolute atomic E-state index is 12.9. The number of imide groups is 1. The van der Waals surface area contributed by atoms with E-state index in [4.69, 9.17) is 34.8 Å². The molecule has 3 aromatic carbocycles.